The van der Waals surface area contributed by atoms with Crippen molar-refractivity contribution in [1.29, 1.82) is 0 Å². The van der Waals surface area contributed by atoms with Gasteiger partial charge in [0.05, 0.1) is 5.69 Å². The van der Waals surface area contributed by atoms with Crippen molar-refractivity contribution in [2.45, 2.75) is 19.3 Å². The molecule has 3 aromatic carbocycles. The molecule has 6 rings (SSSR count). The summed E-state index contributed by atoms with van der Waals surface area (Å²) in [4.78, 5) is 16.8. The maximum atomic E-state index is 13.4. The highest BCUT2D eigenvalue weighted by Crippen LogP contribution is 2.45. The standard InChI is InChI=1S/C28H21ClN2O/c29-19-13-15-20(16-14-19)31-24-11-6-12-25(32)27(24)26(28(31)18-7-2-1-3-8-18)22-17-30-23-10-5-4-9-21(22)23/h1-5,7-10,13-17,30H,6,11-12H2. The van der Waals surface area contributed by atoms with Crippen LogP contribution in [0.2, 0.25) is 5.02 Å². The third-order valence-corrected chi connectivity index (χ3v) is 6.61. The Morgan fingerprint density at radius 1 is 0.812 bits per heavy atom. The van der Waals surface area contributed by atoms with Gasteiger partial charge < -0.3 is 9.55 Å². The molecule has 1 N–H and O–H groups in total. The third kappa shape index (κ3) is 2.93. The average molecular weight is 437 g/mol. The quantitative estimate of drug-likeness (QED) is 0.313. The summed E-state index contributed by atoms with van der Waals surface area (Å²) in [5.74, 6) is 0.219. The molecule has 3 nitrogen and oxygen atoms in total. The number of carbonyl (C=O) groups excluding carboxylic acids is 1. The Morgan fingerprint density at radius 3 is 2.38 bits per heavy atom. The fourth-order valence-electron chi connectivity index (χ4n) is 4.98. The van der Waals surface area contributed by atoms with Crippen molar-refractivity contribution in [2.24, 2.45) is 0 Å². The number of Topliss-reactive ketones (excluding diaryl/α,β-unsaturated/α-hetero) is 1. The first-order chi connectivity index (χ1) is 15.7. The van der Waals surface area contributed by atoms with Crippen molar-refractivity contribution in [3.8, 4) is 28.1 Å². The molecule has 0 unspecified atom stereocenters. The van der Waals surface area contributed by atoms with Crippen LogP contribution in [0.15, 0.2) is 85.1 Å². The summed E-state index contributed by atoms with van der Waals surface area (Å²) in [6.45, 7) is 0. The van der Waals surface area contributed by atoms with Crippen LogP contribution in [-0.2, 0) is 6.42 Å². The highest BCUT2D eigenvalue weighted by Gasteiger charge is 2.32. The van der Waals surface area contributed by atoms with Gasteiger partial charge in [0.1, 0.15) is 0 Å². The molecule has 5 aromatic rings. The van der Waals surface area contributed by atoms with Crippen LogP contribution >= 0.6 is 11.6 Å². The zero-order valence-electron chi connectivity index (χ0n) is 17.4. The number of ketones is 1. The van der Waals surface area contributed by atoms with Gasteiger partial charge in [0.15, 0.2) is 5.78 Å². The van der Waals surface area contributed by atoms with Crippen LogP contribution in [0.5, 0.6) is 0 Å². The first kappa shape index (κ1) is 19.1. The molecule has 0 amide bonds. The van der Waals surface area contributed by atoms with Crippen LogP contribution in [0.4, 0.5) is 0 Å². The van der Waals surface area contributed by atoms with Gasteiger partial charge in [0.25, 0.3) is 0 Å². The van der Waals surface area contributed by atoms with E-state index in [-0.39, 0.29) is 5.78 Å². The van der Waals surface area contributed by atoms with E-state index < -0.39 is 0 Å². The molecule has 2 heterocycles. The Balaban J connectivity index is 1.78. The van der Waals surface area contributed by atoms with E-state index in [0.717, 1.165) is 63.1 Å². The van der Waals surface area contributed by atoms with E-state index >= 15 is 0 Å². The summed E-state index contributed by atoms with van der Waals surface area (Å²) in [6.07, 6.45) is 4.36. The second-order valence-corrected chi connectivity index (χ2v) is 8.68. The Morgan fingerprint density at radius 2 is 1.56 bits per heavy atom. The average Bonchev–Trinajstić information content (AvgIpc) is 3.40. The number of hydrogen-bond acceptors (Lipinski definition) is 1. The van der Waals surface area contributed by atoms with E-state index in [1.807, 2.05) is 60.8 Å². The summed E-state index contributed by atoms with van der Waals surface area (Å²) in [5.41, 5.74) is 8.25. The summed E-state index contributed by atoms with van der Waals surface area (Å²) in [7, 11) is 0. The van der Waals surface area contributed by atoms with E-state index in [0.29, 0.717) is 11.4 Å². The van der Waals surface area contributed by atoms with Gasteiger partial charge in [-0.1, -0.05) is 60.1 Å². The number of para-hydroxylation sites is 1. The summed E-state index contributed by atoms with van der Waals surface area (Å²) in [6, 6.07) is 26.5. The van der Waals surface area contributed by atoms with Gasteiger partial charge in [-0.05, 0) is 48.7 Å². The van der Waals surface area contributed by atoms with E-state index in [2.05, 4.69) is 33.8 Å². The predicted molar refractivity (Wildman–Crippen MR) is 131 cm³/mol. The van der Waals surface area contributed by atoms with Gasteiger partial charge >= 0.3 is 0 Å². The fraction of sp³-hybridized carbons (Fsp3) is 0.107. The normalized spacial score (nSPS) is 13.5. The van der Waals surface area contributed by atoms with Crippen LogP contribution in [-0.4, -0.2) is 15.3 Å². The number of hydrogen-bond donors (Lipinski definition) is 1. The van der Waals surface area contributed by atoms with Crippen molar-refractivity contribution in [3.63, 3.8) is 0 Å². The maximum Gasteiger partial charge on any atom is 0.165 e. The molecule has 1 aliphatic carbocycles. The monoisotopic (exact) mass is 436 g/mol. The highest BCUT2D eigenvalue weighted by atomic mass is 35.5. The van der Waals surface area contributed by atoms with Gasteiger partial charge in [-0.2, -0.15) is 0 Å². The molecule has 0 aliphatic heterocycles. The van der Waals surface area contributed by atoms with E-state index in [1.165, 1.54) is 0 Å². The molecule has 1 aliphatic rings. The van der Waals surface area contributed by atoms with E-state index in [1.54, 1.807) is 0 Å². The Labute approximate surface area is 191 Å². The summed E-state index contributed by atoms with van der Waals surface area (Å²) >= 11 is 6.21. The van der Waals surface area contributed by atoms with Gasteiger partial charge in [0, 0.05) is 56.6 Å². The zero-order chi connectivity index (χ0) is 21.7. The van der Waals surface area contributed by atoms with E-state index in [9.17, 15) is 4.79 Å². The van der Waals surface area contributed by atoms with Gasteiger partial charge in [0.2, 0.25) is 0 Å². The van der Waals surface area contributed by atoms with Crippen LogP contribution in [0.1, 0.15) is 28.9 Å². The largest absolute Gasteiger partial charge is 0.361 e. The molecular weight excluding hydrogens is 416 g/mol. The van der Waals surface area contributed by atoms with Gasteiger partial charge in [-0.25, -0.2) is 0 Å². The Kier molecular flexibility index (Phi) is 4.51. The molecule has 4 heteroatoms. The molecule has 0 atom stereocenters. The lowest BCUT2D eigenvalue weighted by molar-refractivity contribution is 0.0973. The lowest BCUT2D eigenvalue weighted by Crippen LogP contribution is -2.13. The van der Waals surface area contributed by atoms with Gasteiger partial charge in [-0.3, -0.25) is 4.79 Å². The lowest BCUT2D eigenvalue weighted by Gasteiger charge is -2.17. The number of nitrogens with one attached hydrogen (secondary N) is 1. The summed E-state index contributed by atoms with van der Waals surface area (Å²) < 4.78 is 2.27. The lowest BCUT2D eigenvalue weighted by atomic mass is 9.89. The number of H-pyrrole nitrogens is 1. The first-order valence-corrected chi connectivity index (χ1v) is 11.3. The zero-order valence-corrected chi connectivity index (χ0v) is 18.2. The fourth-order valence-corrected chi connectivity index (χ4v) is 5.11. The minimum atomic E-state index is 0.219. The summed E-state index contributed by atoms with van der Waals surface area (Å²) in [5, 5.41) is 1.82. The molecular formula is C28H21ClN2O. The maximum absolute atomic E-state index is 13.4. The van der Waals surface area contributed by atoms with Crippen LogP contribution < -0.4 is 0 Å². The molecule has 0 saturated heterocycles. The number of halogens is 1. The molecule has 0 saturated carbocycles. The molecule has 2 aromatic heterocycles. The molecule has 156 valence electrons. The minimum absolute atomic E-state index is 0.219. The SMILES string of the molecule is O=C1CCCc2c1c(-c1c[nH]c3ccccc13)c(-c1ccccc1)n2-c1ccc(Cl)cc1. The second-order valence-electron chi connectivity index (χ2n) is 8.25. The molecule has 0 bridgehead atoms. The number of fused-ring (bicyclic) bond motifs is 2. The van der Waals surface area contributed by atoms with Crippen molar-refractivity contribution in [3.05, 3.63) is 101 Å². The van der Waals surface area contributed by atoms with Crippen molar-refractivity contribution < 1.29 is 4.79 Å². The first-order valence-electron chi connectivity index (χ1n) is 10.9. The molecule has 32 heavy (non-hydrogen) atoms. The number of nitrogens with zero attached hydrogens (tertiary/aromatic N) is 1. The van der Waals surface area contributed by atoms with Crippen molar-refractivity contribution >= 4 is 28.3 Å². The highest BCUT2D eigenvalue weighted by molar-refractivity contribution is 6.30. The van der Waals surface area contributed by atoms with Crippen molar-refractivity contribution in [2.75, 3.05) is 0 Å². The van der Waals surface area contributed by atoms with Crippen molar-refractivity contribution in [1.82, 2.24) is 9.55 Å². The number of aromatic nitrogens is 2. The second kappa shape index (κ2) is 7.54. The van der Waals surface area contributed by atoms with E-state index in [4.69, 9.17) is 11.6 Å². The molecule has 0 fully saturated rings. The predicted octanol–water partition coefficient (Wildman–Crippen LogP) is 7.47. The van der Waals surface area contributed by atoms with Gasteiger partial charge in [-0.15, -0.1) is 0 Å². The smallest absolute Gasteiger partial charge is 0.165 e. The third-order valence-electron chi connectivity index (χ3n) is 6.36. The minimum Gasteiger partial charge on any atom is -0.361 e. The Bertz CT molecular complexity index is 1460. The number of rotatable bonds is 3. The molecule has 0 spiro atoms. The van der Waals surface area contributed by atoms with Crippen LogP contribution in [0.25, 0.3) is 39.0 Å². The molecule has 0 radical (unpaired) electrons. The van der Waals surface area contributed by atoms with Crippen LogP contribution in [0, 0.1) is 0 Å². The number of carbonyl (C=O) groups is 1. The number of aromatic amines is 1. The Hall–Kier alpha value is -3.56. The number of benzene rings is 3. The van der Waals surface area contributed by atoms with Crippen LogP contribution in [0.3, 0.4) is 0 Å². The topological polar surface area (TPSA) is 37.8 Å².